The fourth-order valence-electron chi connectivity index (χ4n) is 12.0. The van der Waals surface area contributed by atoms with E-state index in [0.717, 1.165) is 0 Å². The van der Waals surface area contributed by atoms with Crippen LogP contribution in [0, 0.1) is 45.8 Å². The summed E-state index contributed by atoms with van der Waals surface area (Å²) in [5.74, 6) is -11.1. The Bertz CT molecular complexity index is 4050. The van der Waals surface area contributed by atoms with E-state index in [0.29, 0.717) is 79.9 Å². The van der Waals surface area contributed by atoms with Crippen molar-refractivity contribution in [2.45, 2.75) is 186 Å². The molecular weight excluding hydrogens is 1330 g/mol. The molecule has 0 aliphatic carbocycles. The number of aliphatic carboxylic acids is 1. The van der Waals surface area contributed by atoms with Gasteiger partial charge in [0.05, 0.1) is 59.8 Å². The summed E-state index contributed by atoms with van der Waals surface area (Å²) in [6.45, 7) is 20.1. The molecule has 6 aromatic rings. The summed E-state index contributed by atoms with van der Waals surface area (Å²) < 4.78 is 96.1. The number of nitriles is 3. The predicted octanol–water partition coefficient (Wildman–Crippen LogP) is 11.5. The van der Waals surface area contributed by atoms with Crippen LogP contribution in [0.2, 0.25) is 0 Å². The largest absolute Gasteiger partial charge is 0.481 e. The van der Waals surface area contributed by atoms with Gasteiger partial charge in [0, 0.05) is 124 Å². The molecule has 6 heterocycles. The molecule has 7 N–H and O–H groups in total. The standard InChI is InChI=1S/C25H31F2N5O3.C20H23F2N5O.C14H13F2N5.C10H19NO4.ClH/c1-23(2,3)35-22(34)31-24(4,5)12-18(33)10-16-11-25(26,27)15-32(14-16)19-7-6-17(13-28)20-21(19)30-9-8-29-20;1-19(2,24)9-15(28)7-13-8-20(21,22)12-27(11-13)16-4-3-14(10-23)17-18(16)26-6-5-25-17;15-14(16)5-10(18)7-21(8-14)11-2-1-9(6-17)12-13(11)20-4-3-19-12;1-9(2,3)15-8(14)11-10(4,5)6-7(12)13;/h6-9,16H,10-12,14-15H2,1-5H3,(H,31,34);3-6,13H,7-9,11-12,24H2,1-2H3;1-4,10H,5,7-8,18H2;6H2,1-5H3,(H,11,14)(H,12,13);1H. The first kappa shape index (κ1) is 81.4. The van der Waals surface area contributed by atoms with E-state index in [1.54, 1.807) is 124 Å². The van der Waals surface area contributed by atoms with Crippen LogP contribution < -0.4 is 36.8 Å². The van der Waals surface area contributed by atoms with Crippen molar-refractivity contribution in [3.63, 3.8) is 0 Å². The van der Waals surface area contributed by atoms with Crippen molar-refractivity contribution in [1.29, 1.82) is 15.8 Å². The quantitative estimate of drug-likeness (QED) is 0.0596. The highest BCUT2D eigenvalue weighted by molar-refractivity contribution is 5.94. The number of rotatable bonds is 15. The van der Waals surface area contributed by atoms with E-state index in [1.165, 1.54) is 47.0 Å². The molecule has 100 heavy (non-hydrogen) atoms. The number of aromatic nitrogens is 6. The van der Waals surface area contributed by atoms with Gasteiger partial charge in [-0.2, -0.15) is 15.8 Å². The first-order valence-electron chi connectivity index (χ1n) is 31.9. The third-order valence-corrected chi connectivity index (χ3v) is 15.2. The number of ketones is 2. The Labute approximate surface area is 583 Å². The zero-order chi connectivity index (χ0) is 73.9. The Hall–Kier alpha value is -9.31. The summed E-state index contributed by atoms with van der Waals surface area (Å²) >= 11 is 0. The lowest BCUT2D eigenvalue weighted by atomic mass is 9.87. The zero-order valence-corrected chi connectivity index (χ0v) is 58.9. The maximum absolute atomic E-state index is 14.7. The maximum Gasteiger partial charge on any atom is 0.408 e. The molecule has 0 radical (unpaired) electrons. The summed E-state index contributed by atoms with van der Waals surface area (Å²) in [4.78, 5) is 88.9. The van der Waals surface area contributed by atoms with E-state index in [-0.39, 0.29) is 75.5 Å². The number of ether oxygens (including phenoxy) is 2. The van der Waals surface area contributed by atoms with Crippen molar-refractivity contribution in [2.75, 3.05) is 54.0 Å². The minimum absolute atomic E-state index is 0. The fraction of sp³-hybridized carbons (Fsp3) is 0.536. The number of amides is 2. The number of anilines is 3. The van der Waals surface area contributed by atoms with Gasteiger partial charge in [-0.05, 0) is 131 Å². The molecule has 540 valence electrons. The Kier molecular flexibility index (Phi) is 26.7. The van der Waals surface area contributed by atoms with E-state index < -0.39 is 108 Å². The SMILES string of the molecule is CC(C)(CC(=O)CC1CN(c2ccc(C#N)c3nccnc23)CC(F)(F)C1)NC(=O)OC(C)(C)C.CC(C)(CC(=O)O)NC(=O)OC(C)(C)C.CC(C)(N)CC(=O)CC1CN(c2ccc(C#N)c3nccnc23)CC(F)(F)C1.Cl.N#Cc1ccc(N2CC(N)CC(F)(F)C2)c2nccnc12. The Morgan fingerprint density at radius 1 is 0.510 bits per heavy atom. The predicted molar refractivity (Wildman–Crippen MR) is 366 cm³/mol. The number of carbonyl (C=O) groups is 5. The number of piperidine rings is 3. The van der Waals surface area contributed by atoms with Crippen LogP contribution >= 0.6 is 12.4 Å². The molecule has 0 spiro atoms. The number of fused-ring (bicyclic) bond motifs is 3. The number of nitrogens with one attached hydrogen (secondary N) is 2. The molecule has 3 atom stereocenters. The second-order valence-electron chi connectivity index (χ2n) is 29.2. The minimum atomic E-state index is -3.00. The van der Waals surface area contributed by atoms with Crippen LogP contribution in [0.25, 0.3) is 33.1 Å². The summed E-state index contributed by atoms with van der Waals surface area (Å²) in [5.41, 5.74) is 12.9. The van der Waals surface area contributed by atoms with Crippen LogP contribution in [0.3, 0.4) is 0 Å². The molecule has 0 saturated carbocycles. The number of carbonyl (C=O) groups excluding carboxylic acids is 4. The van der Waals surface area contributed by atoms with Crippen LogP contribution in [-0.4, -0.2) is 156 Å². The highest BCUT2D eigenvalue weighted by Crippen LogP contribution is 2.40. The molecule has 3 aliphatic rings. The van der Waals surface area contributed by atoms with Gasteiger partial charge in [0.15, 0.2) is 0 Å². The fourth-order valence-corrected chi connectivity index (χ4v) is 12.0. The van der Waals surface area contributed by atoms with Crippen molar-refractivity contribution >= 4 is 92.3 Å². The third-order valence-electron chi connectivity index (χ3n) is 15.2. The summed E-state index contributed by atoms with van der Waals surface area (Å²) in [6.07, 6.45) is 6.50. The van der Waals surface area contributed by atoms with E-state index >= 15 is 0 Å². The summed E-state index contributed by atoms with van der Waals surface area (Å²) in [5, 5.41) is 41.5. The number of nitrogens with zero attached hydrogens (tertiary/aromatic N) is 12. The van der Waals surface area contributed by atoms with Gasteiger partial charge in [-0.15, -0.1) is 12.4 Å². The van der Waals surface area contributed by atoms with E-state index in [2.05, 4.69) is 40.5 Å². The van der Waals surface area contributed by atoms with Crippen LogP contribution in [0.15, 0.2) is 73.6 Å². The topological polar surface area (TPSA) is 359 Å². The Balaban J connectivity index is 0.000000250. The van der Waals surface area contributed by atoms with Crippen molar-refractivity contribution in [3.05, 3.63) is 90.3 Å². The average Bonchev–Trinajstić information content (AvgIpc) is 0.787. The molecule has 31 heteroatoms. The van der Waals surface area contributed by atoms with Crippen molar-refractivity contribution in [2.24, 2.45) is 23.3 Å². The summed E-state index contributed by atoms with van der Waals surface area (Å²) in [6, 6.07) is 15.1. The smallest absolute Gasteiger partial charge is 0.408 e. The number of nitrogens with two attached hydrogens (primary N) is 2. The molecule has 3 aliphatic heterocycles. The van der Waals surface area contributed by atoms with Gasteiger partial charge in [0.2, 0.25) is 0 Å². The number of halogens is 7. The molecule has 9 rings (SSSR count). The molecule has 3 unspecified atom stereocenters. The number of hydrogen-bond acceptors (Lipinski definition) is 21. The molecular formula is C69H87ClF6N16O8. The van der Waals surface area contributed by atoms with Crippen LogP contribution in [0.5, 0.6) is 0 Å². The lowest BCUT2D eigenvalue weighted by Crippen LogP contribution is -2.52. The van der Waals surface area contributed by atoms with Crippen LogP contribution in [-0.2, 0) is 23.9 Å². The van der Waals surface area contributed by atoms with Crippen LogP contribution in [0.4, 0.5) is 53.0 Å². The van der Waals surface area contributed by atoms with E-state index in [1.807, 2.05) is 18.2 Å². The number of carboxylic acid groups (broad SMARTS) is 1. The molecule has 3 aromatic carbocycles. The summed E-state index contributed by atoms with van der Waals surface area (Å²) in [7, 11) is 0. The van der Waals surface area contributed by atoms with E-state index in [4.69, 9.17) is 31.3 Å². The van der Waals surface area contributed by atoms with Crippen LogP contribution in [0.1, 0.15) is 151 Å². The highest BCUT2D eigenvalue weighted by atomic mass is 35.5. The molecule has 3 saturated heterocycles. The average molecular weight is 1420 g/mol. The number of hydrogen-bond donors (Lipinski definition) is 5. The van der Waals surface area contributed by atoms with Gasteiger partial charge in [0.1, 0.15) is 74.1 Å². The number of carboxylic acids is 1. The van der Waals surface area contributed by atoms with E-state index in [9.17, 15) is 60.8 Å². The van der Waals surface area contributed by atoms with Gasteiger partial charge >= 0.3 is 18.2 Å². The normalized spacial score (nSPS) is 18.1. The maximum atomic E-state index is 14.7. The molecule has 2 amide bonds. The number of Topliss-reactive ketones (excluding diaryl/α,β-unsaturated/α-hetero) is 2. The second-order valence-corrected chi connectivity index (χ2v) is 29.2. The van der Waals surface area contributed by atoms with Gasteiger partial charge in [0.25, 0.3) is 17.8 Å². The molecule has 3 aromatic heterocycles. The van der Waals surface area contributed by atoms with Crippen molar-refractivity contribution in [1.82, 2.24) is 40.5 Å². The van der Waals surface area contributed by atoms with Crippen molar-refractivity contribution < 1.29 is 64.9 Å². The Morgan fingerprint density at radius 2 is 0.810 bits per heavy atom. The second kappa shape index (κ2) is 32.8. The lowest BCUT2D eigenvalue weighted by Gasteiger charge is -2.39. The monoisotopic (exact) mass is 1420 g/mol. The van der Waals surface area contributed by atoms with Gasteiger partial charge in [-0.3, -0.25) is 44.3 Å². The first-order chi connectivity index (χ1) is 45.8. The lowest BCUT2D eigenvalue weighted by molar-refractivity contribution is -0.138. The van der Waals surface area contributed by atoms with Gasteiger partial charge < -0.3 is 51.4 Å². The van der Waals surface area contributed by atoms with Gasteiger partial charge in [-0.1, -0.05) is 0 Å². The van der Waals surface area contributed by atoms with Crippen molar-refractivity contribution in [3.8, 4) is 18.2 Å². The number of benzene rings is 3. The third kappa shape index (κ3) is 24.8. The molecule has 3 fully saturated rings. The molecule has 0 bridgehead atoms. The van der Waals surface area contributed by atoms with Gasteiger partial charge in [-0.25, -0.2) is 35.9 Å². The minimum Gasteiger partial charge on any atom is -0.481 e. The number of alkyl carbamates (subject to hydrolysis) is 2. The molecule has 24 nitrogen and oxygen atoms in total. The first-order valence-corrected chi connectivity index (χ1v) is 31.9. The Morgan fingerprint density at radius 3 is 1.11 bits per heavy atom. The zero-order valence-electron chi connectivity index (χ0n) is 58.1. The number of alkyl halides is 6. The highest BCUT2D eigenvalue weighted by Gasteiger charge is 2.44.